The molecule has 0 aliphatic rings. The summed E-state index contributed by atoms with van der Waals surface area (Å²) in [7, 11) is 3.72. The van der Waals surface area contributed by atoms with Gasteiger partial charge in [0.2, 0.25) is 0 Å². The van der Waals surface area contributed by atoms with Crippen molar-refractivity contribution in [3.63, 3.8) is 0 Å². The van der Waals surface area contributed by atoms with Crippen molar-refractivity contribution < 1.29 is 4.74 Å². The maximum Gasteiger partial charge on any atom is 0.159 e. The predicted molar refractivity (Wildman–Crippen MR) is 65.9 cm³/mol. The molecule has 1 aromatic rings. The van der Waals surface area contributed by atoms with E-state index in [1.807, 2.05) is 11.7 Å². The molecule has 4 heteroatoms. The molecule has 0 bridgehead atoms. The van der Waals surface area contributed by atoms with E-state index in [1.165, 1.54) is 5.69 Å². The van der Waals surface area contributed by atoms with Crippen LogP contribution in [-0.4, -0.2) is 30.0 Å². The first-order valence-corrected chi connectivity index (χ1v) is 6.02. The van der Waals surface area contributed by atoms with Crippen molar-refractivity contribution in [3.8, 4) is 5.75 Å². The molecule has 0 aromatic carbocycles. The Balaban J connectivity index is 2.67. The van der Waals surface area contributed by atoms with Crippen molar-refractivity contribution in [3.05, 3.63) is 11.9 Å². The minimum absolute atomic E-state index is 0.574. The van der Waals surface area contributed by atoms with E-state index < -0.39 is 0 Å². The van der Waals surface area contributed by atoms with Gasteiger partial charge >= 0.3 is 0 Å². The van der Waals surface area contributed by atoms with Gasteiger partial charge in [-0.2, -0.15) is 5.10 Å². The maximum atomic E-state index is 5.32. The first kappa shape index (κ1) is 13.0. The lowest BCUT2D eigenvalue weighted by atomic mass is 10.1. The van der Waals surface area contributed by atoms with Crippen LogP contribution in [0.4, 0.5) is 0 Å². The second kappa shape index (κ2) is 6.53. The fourth-order valence-corrected chi connectivity index (χ4v) is 1.95. The molecule has 0 amide bonds. The molecule has 16 heavy (non-hydrogen) atoms. The third-order valence-corrected chi connectivity index (χ3v) is 3.06. The summed E-state index contributed by atoms with van der Waals surface area (Å²) in [5, 5.41) is 7.62. The molecular weight excluding hydrogens is 202 g/mol. The Labute approximate surface area is 98.0 Å². The third kappa shape index (κ3) is 2.98. The highest BCUT2D eigenvalue weighted by molar-refractivity contribution is 5.25. The normalized spacial score (nSPS) is 12.8. The van der Waals surface area contributed by atoms with Crippen LogP contribution in [0.3, 0.4) is 0 Å². The smallest absolute Gasteiger partial charge is 0.159 e. The van der Waals surface area contributed by atoms with Gasteiger partial charge in [0.1, 0.15) is 0 Å². The number of hydrogen-bond acceptors (Lipinski definition) is 3. The first-order valence-electron chi connectivity index (χ1n) is 6.02. The van der Waals surface area contributed by atoms with Crippen molar-refractivity contribution in [1.82, 2.24) is 15.1 Å². The van der Waals surface area contributed by atoms with Crippen molar-refractivity contribution in [1.29, 1.82) is 0 Å². The number of ether oxygens (including phenoxy) is 1. The van der Waals surface area contributed by atoms with Crippen molar-refractivity contribution in [2.75, 3.05) is 14.2 Å². The quantitative estimate of drug-likeness (QED) is 0.769. The molecule has 92 valence electrons. The maximum absolute atomic E-state index is 5.32. The molecule has 1 unspecified atom stereocenters. The molecule has 1 rings (SSSR count). The average molecular weight is 225 g/mol. The third-order valence-electron chi connectivity index (χ3n) is 3.06. The molecule has 0 radical (unpaired) electrons. The van der Waals surface area contributed by atoms with Crippen LogP contribution in [0.5, 0.6) is 5.75 Å². The molecule has 1 heterocycles. The summed E-state index contributed by atoms with van der Waals surface area (Å²) >= 11 is 0. The zero-order valence-corrected chi connectivity index (χ0v) is 10.8. The van der Waals surface area contributed by atoms with Gasteiger partial charge in [0, 0.05) is 12.6 Å². The Morgan fingerprint density at radius 3 is 2.75 bits per heavy atom. The van der Waals surface area contributed by atoms with Crippen LogP contribution in [0.1, 0.15) is 32.4 Å². The van der Waals surface area contributed by atoms with Crippen LogP contribution >= 0.6 is 0 Å². The Kier molecular flexibility index (Phi) is 5.32. The van der Waals surface area contributed by atoms with Crippen LogP contribution in [0, 0.1) is 0 Å². The molecular formula is C12H23N3O. The van der Waals surface area contributed by atoms with Gasteiger partial charge in [-0.3, -0.25) is 4.68 Å². The van der Waals surface area contributed by atoms with E-state index in [2.05, 4.69) is 24.3 Å². The van der Waals surface area contributed by atoms with E-state index in [0.29, 0.717) is 6.04 Å². The monoisotopic (exact) mass is 225 g/mol. The van der Waals surface area contributed by atoms with E-state index >= 15 is 0 Å². The highest BCUT2D eigenvalue weighted by atomic mass is 16.5. The molecule has 0 aliphatic carbocycles. The van der Waals surface area contributed by atoms with Gasteiger partial charge < -0.3 is 10.1 Å². The van der Waals surface area contributed by atoms with Crippen molar-refractivity contribution >= 4 is 0 Å². The zero-order chi connectivity index (χ0) is 12.0. The lowest BCUT2D eigenvalue weighted by molar-refractivity contribution is 0.403. The van der Waals surface area contributed by atoms with E-state index in [4.69, 9.17) is 4.74 Å². The van der Waals surface area contributed by atoms with Crippen LogP contribution in [0.25, 0.3) is 0 Å². The van der Waals surface area contributed by atoms with E-state index in [-0.39, 0.29) is 0 Å². The van der Waals surface area contributed by atoms with Gasteiger partial charge in [-0.05, 0) is 33.2 Å². The zero-order valence-electron chi connectivity index (χ0n) is 10.8. The van der Waals surface area contributed by atoms with Gasteiger partial charge in [0.25, 0.3) is 0 Å². The molecule has 0 spiro atoms. The minimum atomic E-state index is 0.574. The van der Waals surface area contributed by atoms with Gasteiger partial charge in [-0.15, -0.1) is 0 Å². The highest BCUT2D eigenvalue weighted by Gasteiger charge is 2.12. The summed E-state index contributed by atoms with van der Waals surface area (Å²) in [4.78, 5) is 0. The Morgan fingerprint density at radius 2 is 2.25 bits per heavy atom. The standard InChI is InChI=1S/C12H23N3O/c1-5-10(13-3)7-8-11-12(16-4)9-14-15(11)6-2/h9-10,13H,5-8H2,1-4H3. The highest BCUT2D eigenvalue weighted by Crippen LogP contribution is 2.20. The minimum Gasteiger partial charge on any atom is -0.493 e. The second-order valence-electron chi connectivity index (χ2n) is 3.91. The Hall–Kier alpha value is -1.03. The van der Waals surface area contributed by atoms with E-state index in [9.17, 15) is 0 Å². The van der Waals surface area contributed by atoms with Gasteiger partial charge in [0.15, 0.2) is 5.75 Å². The molecule has 1 aromatic heterocycles. The van der Waals surface area contributed by atoms with Gasteiger partial charge in [0.05, 0.1) is 19.0 Å². The number of aromatic nitrogens is 2. The second-order valence-corrected chi connectivity index (χ2v) is 3.91. The lowest BCUT2D eigenvalue weighted by Gasteiger charge is -2.14. The number of rotatable bonds is 7. The summed E-state index contributed by atoms with van der Waals surface area (Å²) in [6, 6.07) is 0.574. The molecule has 1 N–H and O–H groups in total. The summed E-state index contributed by atoms with van der Waals surface area (Å²) in [6.07, 6.45) is 5.09. The summed E-state index contributed by atoms with van der Waals surface area (Å²) < 4.78 is 7.34. The Morgan fingerprint density at radius 1 is 1.50 bits per heavy atom. The number of aryl methyl sites for hydroxylation is 1. The molecule has 0 saturated heterocycles. The van der Waals surface area contributed by atoms with E-state index in [0.717, 1.165) is 31.6 Å². The van der Waals surface area contributed by atoms with Crippen LogP contribution in [0.15, 0.2) is 6.20 Å². The lowest BCUT2D eigenvalue weighted by Crippen LogP contribution is -2.25. The number of nitrogens with one attached hydrogen (secondary N) is 1. The van der Waals surface area contributed by atoms with Crippen LogP contribution in [0.2, 0.25) is 0 Å². The van der Waals surface area contributed by atoms with Gasteiger partial charge in [-0.25, -0.2) is 0 Å². The first-order chi connectivity index (χ1) is 7.76. The molecule has 4 nitrogen and oxygen atoms in total. The number of methoxy groups -OCH3 is 1. The predicted octanol–water partition coefficient (Wildman–Crippen LogP) is 1.84. The molecule has 1 atom stereocenters. The van der Waals surface area contributed by atoms with E-state index in [1.54, 1.807) is 13.3 Å². The molecule has 0 fully saturated rings. The number of nitrogens with zero attached hydrogens (tertiary/aromatic N) is 2. The van der Waals surface area contributed by atoms with Gasteiger partial charge in [-0.1, -0.05) is 6.92 Å². The largest absolute Gasteiger partial charge is 0.493 e. The fourth-order valence-electron chi connectivity index (χ4n) is 1.95. The average Bonchev–Trinajstić information content (AvgIpc) is 2.72. The summed E-state index contributed by atoms with van der Waals surface area (Å²) in [6.45, 7) is 5.20. The summed E-state index contributed by atoms with van der Waals surface area (Å²) in [5.41, 5.74) is 1.21. The molecule has 0 aliphatic heterocycles. The van der Waals surface area contributed by atoms with Crippen molar-refractivity contribution in [2.45, 2.75) is 45.7 Å². The van der Waals surface area contributed by atoms with Crippen LogP contribution in [-0.2, 0) is 13.0 Å². The molecule has 0 saturated carbocycles. The Bertz CT molecular complexity index is 284. The van der Waals surface area contributed by atoms with Crippen molar-refractivity contribution in [2.24, 2.45) is 0 Å². The fraction of sp³-hybridized carbons (Fsp3) is 0.750. The SMILES string of the molecule is CCC(CCc1c(OC)cnn1CC)NC. The number of hydrogen-bond donors (Lipinski definition) is 1. The summed E-state index contributed by atoms with van der Waals surface area (Å²) in [5.74, 6) is 0.910. The topological polar surface area (TPSA) is 39.1 Å². The van der Waals surface area contributed by atoms with Crippen LogP contribution < -0.4 is 10.1 Å².